The van der Waals surface area contributed by atoms with Gasteiger partial charge in [-0.2, -0.15) is 5.26 Å². The van der Waals surface area contributed by atoms with Crippen LogP contribution in [0, 0.1) is 11.3 Å². The standard InChI is InChI=1S/C14H10ClN3O2/c15-12-9(6-16)4-5-17-14(12)18-7-10-2-1-3-11-13(10)20-8-19-11/h1-5H,7-8H2,(H,17,18). The van der Waals surface area contributed by atoms with Crippen LogP contribution < -0.4 is 14.8 Å². The number of anilines is 1. The normalized spacial score (nSPS) is 12.0. The average Bonchev–Trinajstić information content (AvgIpc) is 2.95. The number of halogens is 1. The molecule has 0 saturated carbocycles. The maximum atomic E-state index is 8.93. The van der Waals surface area contributed by atoms with Crippen molar-refractivity contribution in [2.45, 2.75) is 6.54 Å². The van der Waals surface area contributed by atoms with Gasteiger partial charge in [0.15, 0.2) is 11.5 Å². The Labute approximate surface area is 120 Å². The summed E-state index contributed by atoms with van der Waals surface area (Å²) in [4.78, 5) is 4.13. The van der Waals surface area contributed by atoms with Gasteiger partial charge in [0.1, 0.15) is 16.9 Å². The third-order valence-corrected chi connectivity index (χ3v) is 3.32. The first-order valence-electron chi connectivity index (χ1n) is 5.95. The predicted molar refractivity (Wildman–Crippen MR) is 73.9 cm³/mol. The lowest BCUT2D eigenvalue weighted by atomic mass is 10.2. The number of rotatable bonds is 3. The van der Waals surface area contributed by atoms with Crippen molar-refractivity contribution in [1.29, 1.82) is 5.26 Å². The van der Waals surface area contributed by atoms with Gasteiger partial charge in [0.25, 0.3) is 0 Å². The molecular formula is C14H10ClN3O2. The van der Waals surface area contributed by atoms with Gasteiger partial charge >= 0.3 is 0 Å². The second kappa shape index (κ2) is 5.27. The van der Waals surface area contributed by atoms with Crippen LogP contribution in [0.25, 0.3) is 0 Å². The molecule has 1 N–H and O–H groups in total. The minimum Gasteiger partial charge on any atom is -0.454 e. The van der Waals surface area contributed by atoms with E-state index in [1.807, 2.05) is 24.3 Å². The maximum absolute atomic E-state index is 8.93. The van der Waals surface area contributed by atoms with Crippen LogP contribution >= 0.6 is 11.6 Å². The van der Waals surface area contributed by atoms with E-state index in [1.165, 1.54) is 0 Å². The second-order valence-electron chi connectivity index (χ2n) is 4.14. The van der Waals surface area contributed by atoms with Gasteiger partial charge in [-0.3, -0.25) is 0 Å². The van der Waals surface area contributed by atoms with Gasteiger partial charge in [-0.25, -0.2) is 4.98 Å². The number of fused-ring (bicyclic) bond motifs is 1. The molecule has 1 aliphatic rings. The van der Waals surface area contributed by atoms with Crippen LogP contribution in [0.2, 0.25) is 5.02 Å². The van der Waals surface area contributed by atoms with Crippen molar-refractivity contribution in [2.75, 3.05) is 12.1 Å². The summed E-state index contributed by atoms with van der Waals surface area (Å²) in [6.07, 6.45) is 1.54. The van der Waals surface area contributed by atoms with Gasteiger partial charge in [-0.15, -0.1) is 0 Å². The number of ether oxygens (including phenoxy) is 2. The van der Waals surface area contributed by atoms with Crippen LogP contribution in [0.4, 0.5) is 5.82 Å². The zero-order valence-electron chi connectivity index (χ0n) is 10.4. The van der Waals surface area contributed by atoms with Gasteiger partial charge in [0.2, 0.25) is 6.79 Å². The first-order valence-corrected chi connectivity index (χ1v) is 6.33. The molecule has 5 nitrogen and oxygen atoms in total. The van der Waals surface area contributed by atoms with E-state index in [4.69, 9.17) is 26.3 Å². The van der Waals surface area contributed by atoms with E-state index < -0.39 is 0 Å². The van der Waals surface area contributed by atoms with Crippen molar-refractivity contribution in [3.05, 3.63) is 46.6 Å². The highest BCUT2D eigenvalue weighted by Crippen LogP contribution is 2.35. The third-order valence-electron chi connectivity index (χ3n) is 2.93. The lowest BCUT2D eigenvalue weighted by molar-refractivity contribution is 0.173. The SMILES string of the molecule is N#Cc1ccnc(NCc2cccc3c2OCO3)c1Cl. The van der Waals surface area contributed by atoms with Crippen LogP contribution in [0.3, 0.4) is 0 Å². The van der Waals surface area contributed by atoms with Crippen molar-refractivity contribution in [3.8, 4) is 17.6 Å². The molecule has 0 atom stereocenters. The van der Waals surface area contributed by atoms with Crippen LogP contribution in [0.1, 0.15) is 11.1 Å². The average molecular weight is 288 g/mol. The zero-order chi connectivity index (χ0) is 13.9. The predicted octanol–water partition coefficient (Wildman–Crippen LogP) is 2.95. The molecule has 1 aromatic carbocycles. The molecule has 0 bridgehead atoms. The first kappa shape index (κ1) is 12.6. The number of hydrogen-bond donors (Lipinski definition) is 1. The molecule has 0 amide bonds. The van der Waals surface area contributed by atoms with Crippen molar-refractivity contribution in [2.24, 2.45) is 0 Å². The van der Waals surface area contributed by atoms with Crippen molar-refractivity contribution in [1.82, 2.24) is 4.98 Å². The third kappa shape index (κ3) is 2.22. The van der Waals surface area contributed by atoms with E-state index >= 15 is 0 Å². The maximum Gasteiger partial charge on any atom is 0.231 e. The highest BCUT2D eigenvalue weighted by Gasteiger charge is 2.17. The molecule has 2 aromatic rings. The molecule has 1 aliphatic heterocycles. The fraction of sp³-hybridized carbons (Fsp3) is 0.143. The molecule has 1 aromatic heterocycles. The van der Waals surface area contributed by atoms with Crippen molar-refractivity contribution >= 4 is 17.4 Å². The first-order chi connectivity index (χ1) is 9.79. The number of nitriles is 1. The smallest absolute Gasteiger partial charge is 0.231 e. The van der Waals surface area contributed by atoms with E-state index in [-0.39, 0.29) is 6.79 Å². The second-order valence-corrected chi connectivity index (χ2v) is 4.52. The van der Waals surface area contributed by atoms with Crippen molar-refractivity contribution < 1.29 is 9.47 Å². The van der Waals surface area contributed by atoms with E-state index in [2.05, 4.69) is 10.3 Å². The number of nitrogens with zero attached hydrogens (tertiary/aromatic N) is 2. The lowest BCUT2D eigenvalue weighted by Crippen LogP contribution is -2.03. The Bertz CT molecular complexity index is 683. The minimum atomic E-state index is 0.231. The van der Waals surface area contributed by atoms with Gasteiger partial charge in [-0.1, -0.05) is 23.7 Å². The summed E-state index contributed by atoms with van der Waals surface area (Å²) < 4.78 is 10.7. The number of pyridine rings is 1. The lowest BCUT2D eigenvalue weighted by Gasteiger charge is -2.09. The molecule has 0 aliphatic carbocycles. The summed E-state index contributed by atoms with van der Waals surface area (Å²) >= 11 is 6.09. The Morgan fingerprint density at radius 2 is 2.25 bits per heavy atom. The summed E-state index contributed by atoms with van der Waals surface area (Å²) in [5, 5.41) is 12.4. The molecule has 0 spiro atoms. The van der Waals surface area contributed by atoms with Crippen LogP contribution in [-0.4, -0.2) is 11.8 Å². The fourth-order valence-electron chi connectivity index (χ4n) is 1.96. The number of benzene rings is 1. The van der Waals surface area contributed by atoms with E-state index in [9.17, 15) is 0 Å². The molecule has 100 valence electrons. The number of nitrogens with one attached hydrogen (secondary N) is 1. The Morgan fingerprint density at radius 3 is 3.10 bits per heavy atom. The quantitative estimate of drug-likeness (QED) is 0.940. The number of hydrogen-bond acceptors (Lipinski definition) is 5. The monoisotopic (exact) mass is 287 g/mol. The molecule has 0 fully saturated rings. The van der Waals surface area contributed by atoms with Gasteiger partial charge in [-0.05, 0) is 12.1 Å². The minimum absolute atomic E-state index is 0.231. The van der Waals surface area contributed by atoms with E-state index in [0.717, 1.165) is 17.1 Å². The molecule has 0 radical (unpaired) electrons. The summed E-state index contributed by atoms with van der Waals surface area (Å²) in [5.41, 5.74) is 1.34. The summed E-state index contributed by atoms with van der Waals surface area (Å²) in [5.74, 6) is 1.93. The molecule has 3 rings (SSSR count). The molecule has 0 unspecified atom stereocenters. The van der Waals surface area contributed by atoms with Crippen LogP contribution in [-0.2, 0) is 6.54 Å². The van der Waals surface area contributed by atoms with Gasteiger partial charge < -0.3 is 14.8 Å². The topological polar surface area (TPSA) is 67.2 Å². The Balaban J connectivity index is 1.81. The summed E-state index contributed by atoms with van der Waals surface area (Å²) in [6, 6.07) is 9.27. The molecule has 6 heteroatoms. The van der Waals surface area contributed by atoms with Gasteiger partial charge in [0.05, 0.1) is 5.56 Å². The number of para-hydroxylation sites is 1. The molecule has 20 heavy (non-hydrogen) atoms. The van der Waals surface area contributed by atoms with E-state index in [1.54, 1.807) is 12.3 Å². The Kier molecular flexibility index (Phi) is 3.32. The largest absolute Gasteiger partial charge is 0.454 e. The highest BCUT2D eigenvalue weighted by molar-refractivity contribution is 6.34. The Morgan fingerprint density at radius 1 is 1.35 bits per heavy atom. The zero-order valence-corrected chi connectivity index (χ0v) is 11.1. The Hall–Kier alpha value is -2.45. The highest BCUT2D eigenvalue weighted by atomic mass is 35.5. The van der Waals surface area contributed by atoms with Crippen LogP contribution in [0.5, 0.6) is 11.5 Å². The van der Waals surface area contributed by atoms with E-state index in [0.29, 0.717) is 22.9 Å². The number of aromatic nitrogens is 1. The molecule has 0 saturated heterocycles. The van der Waals surface area contributed by atoms with Crippen molar-refractivity contribution in [3.63, 3.8) is 0 Å². The van der Waals surface area contributed by atoms with Crippen LogP contribution in [0.15, 0.2) is 30.5 Å². The fourth-order valence-corrected chi connectivity index (χ4v) is 2.18. The molecular weight excluding hydrogens is 278 g/mol. The van der Waals surface area contributed by atoms with Gasteiger partial charge in [0, 0.05) is 18.3 Å². The molecule has 2 heterocycles. The summed E-state index contributed by atoms with van der Waals surface area (Å²) in [7, 11) is 0. The summed E-state index contributed by atoms with van der Waals surface area (Å²) in [6.45, 7) is 0.712.